The third kappa shape index (κ3) is 2.88. The summed E-state index contributed by atoms with van der Waals surface area (Å²) < 4.78 is 0. The number of primary amides is 1. The van der Waals surface area contributed by atoms with Crippen molar-refractivity contribution in [1.29, 1.82) is 0 Å². The number of hydrogen-bond acceptors (Lipinski definition) is 4. The molecule has 0 spiro atoms. The molecule has 1 aliphatic heterocycles. The summed E-state index contributed by atoms with van der Waals surface area (Å²) in [6.45, 7) is 8.32. The maximum atomic E-state index is 11.6. The second-order valence-electron chi connectivity index (χ2n) is 5.25. The molecule has 0 aliphatic carbocycles. The van der Waals surface area contributed by atoms with Gasteiger partial charge in [0.1, 0.15) is 0 Å². The molecule has 110 valence electrons. The van der Waals surface area contributed by atoms with Crippen molar-refractivity contribution in [2.75, 3.05) is 36.8 Å². The van der Waals surface area contributed by atoms with Gasteiger partial charge in [0.15, 0.2) is 0 Å². The van der Waals surface area contributed by atoms with Gasteiger partial charge in [-0.1, -0.05) is 13.8 Å². The van der Waals surface area contributed by atoms with Crippen molar-refractivity contribution < 1.29 is 4.79 Å². The molecule has 1 aromatic carbocycles. The number of amides is 1. The van der Waals surface area contributed by atoms with Gasteiger partial charge in [-0.3, -0.25) is 9.69 Å². The summed E-state index contributed by atoms with van der Waals surface area (Å²) in [5.74, 6) is -0.397. The lowest BCUT2D eigenvalue weighted by molar-refractivity contribution is 0.100. The molecule has 1 fully saturated rings. The molecule has 1 aromatic rings. The number of hydrogen-bond donors (Lipinski definition) is 2. The Morgan fingerprint density at radius 3 is 2.70 bits per heavy atom. The summed E-state index contributed by atoms with van der Waals surface area (Å²) in [5.41, 5.74) is 13.4. The fourth-order valence-electron chi connectivity index (χ4n) is 3.02. The van der Waals surface area contributed by atoms with E-state index in [-0.39, 0.29) is 0 Å². The quantitative estimate of drug-likeness (QED) is 0.795. The minimum Gasteiger partial charge on any atom is -0.399 e. The Bertz CT molecular complexity index is 485. The predicted octanol–water partition coefficient (Wildman–Crippen LogP) is 1.29. The molecule has 1 saturated heterocycles. The summed E-state index contributed by atoms with van der Waals surface area (Å²) in [6, 6.07) is 5.83. The number of rotatable bonds is 5. The zero-order chi connectivity index (χ0) is 14.7. The molecule has 1 aliphatic rings. The fraction of sp³-hybridized carbons (Fsp3) is 0.533. The van der Waals surface area contributed by atoms with Gasteiger partial charge in [-0.25, -0.2) is 0 Å². The van der Waals surface area contributed by atoms with Gasteiger partial charge >= 0.3 is 0 Å². The third-order valence-electron chi connectivity index (χ3n) is 4.12. The normalized spacial score (nSPS) is 18.8. The molecule has 0 saturated carbocycles. The number of nitrogens with zero attached hydrogens (tertiary/aromatic N) is 2. The first kappa shape index (κ1) is 14.7. The second-order valence-corrected chi connectivity index (χ2v) is 5.25. The molecule has 2 rings (SSSR count). The lowest BCUT2D eigenvalue weighted by Crippen LogP contribution is -2.37. The van der Waals surface area contributed by atoms with E-state index in [9.17, 15) is 4.79 Å². The highest BCUT2D eigenvalue weighted by atomic mass is 16.1. The van der Waals surface area contributed by atoms with E-state index in [1.807, 2.05) is 6.07 Å². The Morgan fingerprint density at radius 1 is 1.40 bits per heavy atom. The van der Waals surface area contributed by atoms with Crippen LogP contribution in [0.15, 0.2) is 18.2 Å². The van der Waals surface area contributed by atoms with Crippen LogP contribution < -0.4 is 16.4 Å². The molecule has 4 N–H and O–H groups in total. The van der Waals surface area contributed by atoms with E-state index in [4.69, 9.17) is 11.5 Å². The lowest BCUT2D eigenvalue weighted by Gasteiger charge is -2.27. The number of nitrogen functional groups attached to an aromatic ring is 1. The van der Waals surface area contributed by atoms with Crippen LogP contribution in [0, 0.1) is 0 Å². The zero-order valence-electron chi connectivity index (χ0n) is 12.3. The van der Waals surface area contributed by atoms with Crippen LogP contribution in [0.2, 0.25) is 0 Å². The Kier molecular flexibility index (Phi) is 4.49. The molecule has 5 heteroatoms. The molecular weight excluding hydrogens is 252 g/mol. The van der Waals surface area contributed by atoms with Gasteiger partial charge in [0, 0.05) is 24.8 Å². The van der Waals surface area contributed by atoms with Crippen LogP contribution in [0.1, 0.15) is 30.6 Å². The van der Waals surface area contributed by atoms with Crippen molar-refractivity contribution in [2.24, 2.45) is 5.73 Å². The smallest absolute Gasteiger partial charge is 0.250 e. The van der Waals surface area contributed by atoms with E-state index in [0.29, 0.717) is 17.3 Å². The second kappa shape index (κ2) is 6.13. The van der Waals surface area contributed by atoms with Crippen LogP contribution in [-0.4, -0.2) is 43.0 Å². The first-order chi connectivity index (χ1) is 9.56. The lowest BCUT2D eigenvalue weighted by atomic mass is 10.1. The number of anilines is 2. The number of carbonyl (C=O) groups excluding carboxylic acids is 1. The van der Waals surface area contributed by atoms with Crippen molar-refractivity contribution in [1.82, 2.24) is 4.90 Å². The zero-order valence-corrected chi connectivity index (χ0v) is 12.3. The SMILES string of the molecule is CCN(CC)C1CCN(c2cc(N)ccc2C(N)=O)C1. The highest BCUT2D eigenvalue weighted by Gasteiger charge is 2.28. The van der Waals surface area contributed by atoms with Crippen molar-refractivity contribution in [3.8, 4) is 0 Å². The van der Waals surface area contributed by atoms with Gasteiger partial charge in [-0.15, -0.1) is 0 Å². The molecular formula is C15H24N4O. The third-order valence-corrected chi connectivity index (χ3v) is 4.12. The van der Waals surface area contributed by atoms with E-state index in [2.05, 4.69) is 23.6 Å². The standard InChI is InChI=1S/C15H24N4O/c1-3-18(4-2)12-7-8-19(10-12)14-9-11(16)5-6-13(14)15(17)20/h5-6,9,12H,3-4,7-8,10,16H2,1-2H3,(H2,17,20). The van der Waals surface area contributed by atoms with Crippen LogP contribution >= 0.6 is 0 Å². The van der Waals surface area contributed by atoms with Crippen molar-refractivity contribution in [3.63, 3.8) is 0 Å². The van der Waals surface area contributed by atoms with Gasteiger partial charge in [-0.05, 0) is 37.7 Å². The van der Waals surface area contributed by atoms with Crippen molar-refractivity contribution >= 4 is 17.3 Å². The highest BCUT2D eigenvalue weighted by molar-refractivity contribution is 5.99. The Balaban J connectivity index is 2.21. The monoisotopic (exact) mass is 276 g/mol. The van der Waals surface area contributed by atoms with Gasteiger partial charge < -0.3 is 16.4 Å². The average molecular weight is 276 g/mol. The molecule has 1 unspecified atom stereocenters. The summed E-state index contributed by atoms with van der Waals surface area (Å²) >= 11 is 0. The van der Waals surface area contributed by atoms with Crippen LogP contribution in [0.25, 0.3) is 0 Å². The van der Waals surface area contributed by atoms with E-state index < -0.39 is 5.91 Å². The predicted molar refractivity (Wildman–Crippen MR) is 82.9 cm³/mol. The first-order valence-electron chi connectivity index (χ1n) is 7.25. The molecule has 1 atom stereocenters. The number of nitrogens with two attached hydrogens (primary N) is 2. The van der Waals surface area contributed by atoms with E-state index in [1.165, 1.54) is 0 Å². The minimum absolute atomic E-state index is 0.397. The van der Waals surface area contributed by atoms with Gasteiger partial charge in [0.25, 0.3) is 5.91 Å². The highest BCUT2D eigenvalue weighted by Crippen LogP contribution is 2.28. The molecule has 5 nitrogen and oxygen atoms in total. The summed E-state index contributed by atoms with van der Waals surface area (Å²) in [4.78, 5) is 16.2. The Morgan fingerprint density at radius 2 is 2.10 bits per heavy atom. The fourth-order valence-corrected chi connectivity index (χ4v) is 3.02. The topological polar surface area (TPSA) is 75.6 Å². The molecule has 1 amide bonds. The summed E-state index contributed by atoms with van der Waals surface area (Å²) in [5, 5.41) is 0. The minimum atomic E-state index is -0.397. The van der Waals surface area contributed by atoms with Crippen LogP contribution in [-0.2, 0) is 0 Å². The first-order valence-corrected chi connectivity index (χ1v) is 7.25. The van der Waals surface area contributed by atoms with Crippen LogP contribution in [0.5, 0.6) is 0 Å². The van der Waals surface area contributed by atoms with Crippen LogP contribution in [0.3, 0.4) is 0 Å². The molecule has 0 radical (unpaired) electrons. The largest absolute Gasteiger partial charge is 0.399 e. The summed E-state index contributed by atoms with van der Waals surface area (Å²) in [7, 11) is 0. The molecule has 1 heterocycles. The van der Waals surface area contributed by atoms with E-state index in [0.717, 1.165) is 38.3 Å². The number of likely N-dealkylation sites (N-methyl/N-ethyl adjacent to an activating group) is 1. The summed E-state index contributed by atoms with van der Waals surface area (Å²) in [6.07, 6.45) is 1.11. The van der Waals surface area contributed by atoms with E-state index in [1.54, 1.807) is 12.1 Å². The Labute approximate surface area is 120 Å². The molecule has 0 aromatic heterocycles. The molecule has 20 heavy (non-hydrogen) atoms. The maximum absolute atomic E-state index is 11.6. The van der Waals surface area contributed by atoms with Gasteiger partial charge in [0.2, 0.25) is 0 Å². The van der Waals surface area contributed by atoms with Gasteiger partial charge in [-0.2, -0.15) is 0 Å². The van der Waals surface area contributed by atoms with Crippen molar-refractivity contribution in [2.45, 2.75) is 26.3 Å². The van der Waals surface area contributed by atoms with Crippen LogP contribution in [0.4, 0.5) is 11.4 Å². The Hall–Kier alpha value is -1.75. The molecule has 0 bridgehead atoms. The van der Waals surface area contributed by atoms with Gasteiger partial charge in [0.05, 0.1) is 11.3 Å². The average Bonchev–Trinajstić information content (AvgIpc) is 2.89. The van der Waals surface area contributed by atoms with E-state index >= 15 is 0 Å². The van der Waals surface area contributed by atoms with Crippen molar-refractivity contribution in [3.05, 3.63) is 23.8 Å². The number of carbonyl (C=O) groups is 1. The maximum Gasteiger partial charge on any atom is 0.250 e. The number of benzene rings is 1.